The van der Waals surface area contributed by atoms with Crippen LogP contribution in [0.2, 0.25) is 0 Å². The lowest BCUT2D eigenvalue weighted by Gasteiger charge is -2.40. The van der Waals surface area contributed by atoms with Gasteiger partial charge in [0.05, 0.1) is 26.4 Å². The predicted molar refractivity (Wildman–Crippen MR) is 265 cm³/mol. The largest absolute Gasteiger partial charge is 0.494 e. The van der Waals surface area contributed by atoms with Crippen molar-refractivity contribution in [2.75, 3.05) is 26.4 Å². The summed E-state index contributed by atoms with van der Waals surface area (Å²) >= 11 is 0. The van der Waals surface area contributed by atoms with Gasteiger partial charge in [0, 0.05) is 10.8 Å². The number of unbranched alkanes of at least 4 members (excludes halogenated alkanes) is 20. The molecular formula is C56H84B2O4. The van der Waals surface area contributed by atoms with Gasteiger partial charge in [0.25, 0.3) is 0 Å². The zero-order valence-electron chi connectivity index (χ0n) is 40.0. The molecule has 2 fully saturated rings. The minimum Gasteiger partial charge on any atom is -0.405 e. The van der Waals surface area contributed by atoms with Crippen LogP contribution < -0.4 is 10.9 Å². The van der Waals surface area contributed by atoms with Gasteiger partial charge in [-0.1, -0.05) is 230 Å². The standard InChI is InChI=1S/C56H84B2O4/c1-5-9-13-17-21-25-35-55(36-26-22-18-14-10-6-2)51-43-45(57-59-39-40-60-57)29-31-47(51)49-33-34-50-48-32-30-46(58-61-41-42-62-58)44-52(48)56(54(50)53(49)55,37-27-23-19-15-11-7-3)38-28-24-20-16-12-8-4/h29-34,43-44H,5-28,35-42H2,1-4H3. The van der Waals surface area contributed by atoms with Gasteiger partial charge < -0.3 is 18.6 Å². The molecule has 0 spiro atoms. The maximum absolute atomic E-state index is 6.23. The fourth-order valence-electron chi connectivity index (χ4n) is 12.2. The zero-order chi connectivity index (χ0) is 43.0. The molecule has 0 bridgehead atoms. The van der Waals surface area contributed by atoms with Crippen LogP contribution in [-0.4, -0.2) is 40.7 Å². The van der Waals surface area contributed by atoms with E-state index in [-0.39, 0.29) is 25.1 Å². The summed E-state index contributed by atoms with van der Waals surface area (Å²) in [7, 11) is -0.532. The molecule has 2 aliphatic heterocycles. The van der Waals surface area contributed by atoms with E-state index >= 15 is 0 Å². The summed E-state index contributed by atoms with van der Waals surface area (Å²) in [4.78, 5) is 0. The van der Waals surface area contributed by atoms with Crippen molar-refractivity contribution in [3.8, 4) is 22.3 Å². The first-order chi connectivity index (χ1) is 30.6. The lowest BCUT2D eigenvalue weighted by Crippen LogP contribution is -2.36. The summed E-state index contributed by atoms with van der Waals surface area (Å²) in [6.07, 6.45) is 36.6. The Morgan fingerprint density at radius 3 is 0.935 bits per heavy atom. The average Bonchev–Trinajstić information content (AvgIpc) is 4.13. The molecule has 3 aromatic carbocycles. The van der Waals surface area contributed by atoms with Crippen molar-refractivity contribution in [2.24, 2.45) is 0 Å². The van der Waals surface area contributed by atoms with Gasteiger partial charge in [-0.15, -0.1) is 0 Å². The molecule has 0 aromatic heterocycles. The van der Waals surface area contributed by atoms with E-state index in [2.05, 4.69) is 76.2 Å². The highest BCUT2D eigenvalue weighted by Gasteiger charge is 2.52. The highest BCUT2D eigenvalue weighted by atomic mass is 16.6. The monoisotopic (exact) mass is 843 g/mol. The molecule has 0 amide bonds. The van der Waals surface area contributed by atoms with Gasteiger partial charge in [-0.05, 0) is 81.1 Å². The maximum atomic E-state index is 6.23. The SMILES string of the molecule is CCCCCCCCC1(CCCCCCCC)c2cc(B3OCCO3)ccc2-c2ccc3c(c21)C(CCCCCCCC)(CCCCCCCC)c1cc(B2OCCO2)ccc1-3. The van der Waals surface area contributed by atoms with Crippen LogP contribution in [0.15, 0.2) is 48.5 Å². The van der Waals surface area contributed by atoms with E-state index in [4.69, 9.17) is 18.6 Å². The lowest BCUT2D eigenvalue weighted by atomic mass is 9.62. The van der Waals surface area contributed by atoms with Crippen molar-refractivity contribution >= 4 is 25.2 Å². The molecule has 2 heterocycles. The second kappa shape index (κ2) is 24.2. The Hall–Kier alpha value is -2.37. The summed E-state index contributed by atoms with van der Waals surface area (Å²) in [5.74, 6) is 0. The van der Waals surface area contributed by atoms with E-state index in [1.165, 1.54) is 213 Å². The molecule has 4 aliphatic rings. The molecule has 0 saturated carbocycles. The van der Waals surface area contributed by atoms with Crippen LogP contribution in [0, 0.1) is 0 Å². The van der Waals surface area contributed by atoms with Crippen LogP contribution in [0.5, 0.6) is 0 Å². The zero-order valence-corrected chi connectivity index (χ0v) is 40.0. The topological polar surface area (TPSA) is 36.9 Å². The smallest absolute Gasteiger partial charge is 0.405 e. The van der Waals surface area contributed by atoms with Gasteiger partial charge in [-0.2, -0.15) is 0 Å². The Morgan fingerprint density at radius 2 is 0.629 bits per heavy atom. The fourth-order valence-corrected chi connectivity index (χ4v) is 12.2. The molecule has 6 heteroatoms. The third-order valence-corrected chi connectivity index (χ3v) is 15.5. The number of hydrogen-bond acceptors (Lipinski definition) is 4. The van der Waals surface area contributed by atoms with E-state index in [0.717, 1.165) is 0 Å². The van der Waals surface area contributed by atoms with Crippen LogP contribution in [0.3, 0.4) is 0 Å². The highest BCUT2D eigenvalue weighted by Crippen LogP contribution is 2.64. The molecular weight excluding hydrogens is 758 g/mol. The molecule has 7 rings (SSSR count). The summed E-state index contributed by atoms with van der Waals surface area (Å²) in [5.41, 5.74) is 14.8. The van der Waals surface area contributed by atoms with Gasteiger partial charge in [0.1, 0.15) is 0 Å². The van der Waals surface area contributed by atoms with E-state index in [9.17, 15) is 0 Å². The lowest BCUT2D eigenvalue weighted by molar-refractivity contribution is 0.365. The minimum atomic E-state index is -0.266. The quantitative estimate of drug-likeness (QED) is 0.0495. The first-order valence-electron chi connectivity index (χ1n) is 26.6. The third kappa shape index (κ3) is 10.8. The van der Waals surface area contributed by atoms with Crippen molar-refractivity contribution in [1.29, 1.82) is 0 Å². The highest BCUT2D eigenvalue weighted by molar-refractivity contribution is 6.62. The van der Waals surface area contributed by atoms with Crippen LogP contribution in [0.1, 0.15) is 230 Å². The molecule has 338 valence electrons. The normalized spacial score (nSPS) is 16.9. The van der Waals surface area contributed by atoms with Crippen molar-refractivity contribution in [3.63, 3.8) is 0 Å². The molecule has 0 unspecified atom stereocenters. The Kier molecular flexibility index (Phi) is 18.6. The van der Waals surface area contributed by atoms with Crippen molar-refractivity contribution in [1.82, 2.24) is 0 Å². The number of fused-ring (bicyclic) bond motifs is 7. The Bertz CT molecular complexity index is 1650. The first kappa shape index (κ1) is 47.6. The molecule has 0 radical (unpaired) electrons. The second-order valence-electron chi connectivity index (χ2n) is 19.9. The van der Waals surface area contributed by atoms with Crippen molar-refractivity contribution in [3.05, 3.63) is 70.8 Å². The summed E-state index contributed by atoms with van der Waals surface area (Å²) in [6.45, 7) is 12.1. The van der Waals surface area contributed by atoms with Gasteiger partial charge >= 0.3 is 14.2 Å². The fraction of sp³-hybridized carbons (Fsp3) is 0.679. The Labute approximate surface area is 380 Å². The number of benzene rings is 3. The van der Waals surface area contributed by atoms with Crippen LogP contribution in [-0.2, 0) is 29.4 Å². The van der Waals surface area contributed by atoms with E-state index in [1.807, 2.05) is 0 Å². The van der Waals surface area contributed by atoms with Crippen LogP contribution in [0.25, 0.3) is 22.3 Å². The molecule has 2 aliphatic carbocycles. The molecule has 0 atom stereocenters. The van der Waals surface area contributed by atoms with Crippen LogP contribution >= 0.6 is 0 Å². The number of hydrogen-bond donors (Lipinski definition) is 0. The summed E-state index contributed by atoms with van der Waals surface area (Å²) in [5, 5.41) is 0. The maximum Gasteiger partial charge on any atom is 0.494 e. The van der Waals surface area contributed by atoms with Crippen molar-refractivity contribution < 1.29 is 18.6 Å². The van der Waals surface area contributed by atoms with Crippen LogP contribution in [0.4, 0.5) is 0 Å². The number of rotatable bonds is 30. The van der Waals surface area contributed by atoms with Gasteiger partial charge in [-0.3, -0.25) is 0 Å². The first-order valence-corrected chi connectivity index (χ1v) is 26.6. The van der Waals surface area contributed by atoms with Gasteiger partial charge in [-0.25, -0.2) is 0 Å². The van der Waals surface area contributed by atoms with Crippen molar-refractivity contribution in [2.45, 2.75) is 218 Å². The minimum absolute atomic E-state index is 0.0455. The summed E-state index contributed by atoms with van der Waals surface area (Å²) in [6, 6.07) is 19.9. The van der Waals surface area contributed by atoms with Gasteiger partial charge in [0.2, 0.25) is 0 Å². The second-order valence-corrected chi connectivity index (χ2v) is 19.9. The molecule has 62 heavy (non-hydrogen) atoms. The summed E-state index contributed by atoms with van der Waals surface area (Å²) < 4.78 is 24.9. The molecule has 3 aromatic rings. The van der Waals surface area contributed by atoms with Gasteiger partial charge in [0.15, 0.2) is 0 Å². The van der Waals surface area contributed by atoms with E-state index < -0.39 is 0 Å². The molecule has 4 nitrogen and oxygen atoms in total. The average molecular weight is 843 g/mol. The van der Waals surface area contributed by atoms with E-state index in [1.54, 1.807) is 22.3 Å². The molecule has 2 saturated heterocycles. The predicted octanol–water partition coefficient (Wildman–Crippen LogP) is 14.7. The van der Waals surface area contributed by atoms with E-state index in [0.29, 0.717) is 26.4 Å². The third-order valence-electron chi connectivity index (χ3n) is 15.5. The molecule has 0 N–H and O–H groups in total. The Balaban J connectivity index is 1.40. The Morgan fingerprint density at radius 1 is 0.355 bits per heavy atom.